The summed E-state index contributed by atoms with van der Waals surface area (Å²) in [5.74, 6) is 1.86. The van der Waals surface area contributed by atoms with E-state index in [0.29, 0.717) is 29.2 Å². The Morgan fingerprint density at radius 2 is 2.03 bits per heavy atom. The predicted molar refractivity (Wildman–Crippen MR) is 113 cm³/mol. The van der Waals surface area contributed by atoms with Gasteiger partial charge in [-0.3, -0.25) is 4.79 Å². The fourth-order valence-corrected chi connectivity index (χ4v) is 4.65. The standard InChI is InChI=1S/C20H16N4O4S2/c1-24(9-17-21-13-4-2-3-5-16(13)30-17)18(25)10-29-20-23-22-19(28-20)12-6-7-14-15(8-12)27-11-26-14/h2-8H,9-11H2,1H3. The number of aromatic nitrogens is 3. The molecule has 0 atom stereocenters. The second-order valence-corrected chi connectivity index (χ2v) is 8.60. The Labute approximate surface area is 179 Å². The van der Waals surface area contributed by atoms with Gasteiger partial charge in [-0.05, 0) is 30.3 Å². The number of para-hydroxylation sites is 1. The van der Waals surface area contributed by atoms with E-state index in [0.717, 1.165) is 20.8 Å². The molecule has 0 radical (unpaired) electrons. The van der Waals surface area contributed by atoms with Crippen LogP contribution in [0, 0.1) is 0 Å². The van der Waals surface area contributed by atoms with Gasteiger partial charge in [0.05, 0.1) is 22.5 Å². The summed E-state index contributed by atoms with van der Waals surface area (Å²) in [4.78, 5) is 18.7. The van der Waals surface area contributed by atoms with Gasteiger partial charge in [0.25, 0.3) is 5.22 Å². The van der Waals surface area contributed by atoms with Crippen molar-refractivity contribution in [2.45, 2.75) is 11.8 Å². The molecule has 0 fully saturated rings. The molecule has 2 aromatic carbocycles. The number of rotatable bonds is 6. The number of fused-ring (bicyclic) bond motifs is 2. The lowest BCUT2D eigenvalue weighted by molar-refractivity contribution is -0.127. The molecule has 0 spiro atoms. The van der Waals surface area contributed by atoms with E-state index >= 15 is 0 Å². The Morgan fingerprint density at radius 3 is 2.93 bits per heavy atom. The number of benzene rings is 2. The predicted octanol–water partition coefficient (Wildman–Crippen LogP) is 3.83. The van der Waals surface area contributed by atoms with Crippen molar-refractivity contribution in [3.63, 3.8) is 0 Å². The van der Waals surface area contributed by atoms with Crippen LogP contribution in [0.3, 0.4) is 0 Å². The van der Waals surface area contributed by atoms with Crippen molar-refractivity contribution in [3.8, 4) is 23.0 Å². The molecule has 2 aromatic heterocycles. The maximum Gasteiger partial charge on any atom is 0.277 e. The van der Waals surface area contributed by atoms with Gasteiger partial charge in [-0.2, -0.15) is 0 Å². The van der Waals surface area contributed by atoms with Gasteiger partial charge < -0.3 is 18.8 Å². The second-order valence-electron chi connectivity index (χ2n) is 6.55. The van der Waals surface area contributed by atoms with Crippen LogP contribution in [0.4, 0.5) is 0 Å². The molecule has 1 amide bonds. The van der Waals surface area contributed by atoms with E-state index in [2.05, 4.69) is 15.2 Å². The molecule has 4 aromatic rings. The SMILES string of the molecule is CN(Cc1nc2ccccc2s1)C(=O)CSc1nnc(-c2ccc3c(c2)OCO3)o1. The van der Waals surface area contributed by atoms with Crippen LogP contribution >= 0.6 is 23.1 Å². The first-order valence-corrected chi connectivity index (χ1v) is 10.9. The van der Waals surface area contributed by atoms with E-state index in [9.17, 15) is 4.79 Å². The summed E-state index contributed by atoms with van der Waals surface area (Å²) in [5.41, 5.74) is 1.69. The Balaban J connectivity index is 1.19. The molecule has 30 heavy (non-hydrogen) atoms. The number of hydrogen-bond acceptors (Lipinski definition) is 9. The van der Waals surface area contributed by atoms with Gasteiger partial charge in [-0.25, -0.2) is 4.98 Å². The van der Waals surface area contributed by atoms with Crippen molar-refractivity contribution in [1.29, 1.82) is 0 Å². The molecule has 0 saturated heterocycles. The van der Waals surface area contributed by atoms with Crippen LogP contribution in [0.25, 0.3) is 21.7 Å². The summed E-state index contributed by atoms with van der Waals surface area (Å²) >= 11 is 2.80. The Bertz CT molecular complexity index is 1190. The van der Waals surface area contributed by atoms with Crippen molar-refractivity contribution >= 4 is 39.2 Å². The van der Waals surface area contributed by atoms with Crippen molar-refractivity contribution < 1.29 is 18.7 Å². The van der Waals surface area contributed by atoms with Crippen LogP contribution in [0.2, 0.25) is 0 Å². The number of thiazole rings is 1. The number of carbonyl (C=O) groups excluding carboxylic acids is 1. The number of hydrogen-bond donors (Lipinski definition) is 0. The number of thioether (sulfide) groups is 1. The smallest absolute Gasteiger partial charge is 0.277 e. The van der Waals surface area contributed by atoms with Gasteiger partial charge in [0.15, 0.2) is 11.5 Å². The third-order valence-corrected chi connectivity index (χ3v) is 6.31. The Hall–Kier alpha value is -3.11. The zero-order valence-corrected chi connectivity index (χ0v) is 17.5. The number of ether oxygens (including phenoxy) is 2. The molecular formula is C20H16N4O4S2. The highest BCUT2D eigenvalue weighted by Gasteiger charge is 2.18. The maximum atomic E-state index is 12.5. The maximum absolute atomic E-state index is 12.5. The van der Waals surface area contributed by atoms with Gasteiger partial charge in [0.1, 0.15) is 5.01 Å². The molecule has 0 aliphatic carbocycles. The van der Waals surface area contributed by atoms with Crippen LogP contribution in [0.1, 0.15) is 5.01 Å². The van der Waals surface area contributed by atoms with Crippen LogP contribution < -0.4 is 9.47 Å². The summed E-state index contributed by atoms with van der Waals surface area (Å²) in [7, 11) is 1.76. The van der Waals surface area contributed by atoms with Gasteiger partial charge in [0, 0.05) is 12.6 Å². The highest BCUT2D eigenvalue weighted by atomic mass is 32.2. The van der Waals surface area contributed by atoms with Crippen LogP contribution in [-0.2, 0) is 11.3 Å². The molecular weight excluding hydrogens is 424 g/mol. The normalized spacial score (nSPS) is 12.4. The summed E-state index contributed by atoms with van der Waals surface area (Å²) in [5, 5.41) is 9.32. The molecule has 0 N–H and O–H groups in total. The topological polar surface area (TPSA) is 90.6 Å². The van der Waals surface area contributed by atoms with Gasteiger partial charge in [-0.1, -0.05) is 23.9 Å². The van der Waals surface area contributed by atoms with E-state index in [-0.39, 0.29) is 18.5 Å². The van der Waals surface area contributed by atoms with Crippen molar-refractivity contribution in [2.75, 3.05) is 19.6 Å². The van der Waals surface area contributed by atoms with Crippen molar-refractivity contribution in [2.24, 2.45) is 0 Å². The summed E-state index contributed by atoms with van der Waals surface area (Å²) in [6, 6.07) is 13.4. The average molecular weight is 441 g/mol. The first-order chi connectivity index (χ1) is 14.7. The van der Waals surface area contributed by atoms with Crippen LogP contribution in [0.5, 0.6) is 11.5 Å². The lowest BCUT2D eigenvalue weighted by Crippen LogP contribution is -2.27. The molecule has 1 aliphatic rings. The summed E-state index contributed by atoms with van der Waals surface area (Å²) in [6.45, 7) is 0.668. The third-order valence-electron chi connectivity index (χ3n) is 4.48. The molecule has 8 nitrogen and oxygen atoms in total. The summed E-state index contributed by atoms with van der Waals surface area (Å²) < 4.78 is 17.5. The van der Waals surface area contributed by atoms with Gasteiger partial charge in [-0.15, -0.1) is 21.5 Å². The minimum atomic E-state index is -0.0397. The molecule has 5 rings (SSSR count). The van der Waals surface area contributed by atoms with E-state index in [1.165, 1.54) is 11.8 Å². The van der Waals surface area contributed by atoms with E-state index in [1.54, 1.807) is 35.4 Å². The fraction of sp³-hybridized carbons (Fsp3) is 0.200. The lowest BCUT2D eigenvalue weighted by atomic mass is 10.2. The minimum absolute atomic E-state index is 0.0397. The fourth-order valence-electron chi connectivity index (χ4n) is 2.93. The van der Waals surface area contributed by atoms with Crippen molar-refractivity contribution in [1.82, 2.24) is 20.1 Å². The average Bonchev–Trinajstić information content (AvgIpc) is 3.49. The minimum Gasteiger partial charge on any atom is -0.454 e. The van der Waals surface area contributed by atoms with Crippen LogP contribution in [0.15, 0.2) is 52.1 Å². The quantitative estimate of drug-likeness (QED) is 0.418. The molecule has 1 aliphatic heterocycles. The van der Waals surface area contributed by atoms with Gasteiger partial charge >= 0.3 is 0 Å². The third kappa shape index (κ3) is 3.83. The molecule has 0 saturated carbocycles. The number of amides is 1. The van der Waals surface area contributed by atoms with Crippen molar-refractivity contribution in [3.05, 3.63) is 47.5 Å². The van der Waals surface area contributed by atoms with E-state index in [4.69, 9.17) is 13.9 Å². The Morgan fingerprint density at radius 1 is 1.17 bits per heavy atom. The lowest BCUT2D eigenvalue weighted by Gasteiger charge is -2.14. The number of carbonyl (C=O) groups is 1. The highest BCUT2D eigenvalue weighted by molar-refractivity contribution is 7.99. The van der Waals surface area contributed by atoms with E-state index in [1.807, 2.05) is 30.3 Å². The monoisotopic (exact) mass is 440 g/mol. The highest BCUT2D eigenvalue weighted by Crippen LogP contribution is 2.36. The van der Waals surface area contributed by atoms with E-state index < -0.39 is 0 Å². The summed E-state index contributed by atoms with van der Waals surface area (Å²) in [6.07, 6.45) is 0. The zero-order chi connectivity index (χ0) is 20.5. The molecule has 3 heterocycles. The van der Waals surface area contributed by atoms with Crippen LogP contribution in [-0.4, -0.2) is 45.6 Å². The zero-order valence-electron chi connectivity index (χ0n) is 15.9. The first-order valence-electron chi connectivity index (χ1n) is 9.10. The molecule has 0 unspecified atom stereocenters. The molecule has 0 bridgehead atoms. The molecule has 10 heteroatoms. The first kappa shape index (κ1) is 18.9. The molecule has 152 valence electrons. The largest absolute Gasteiger partial charge is 0.454 e. The number of nitrogens with zero attached hydrogens (tertiary/aromatic N) is 4. The van der Waals surface area contributed by atoms with Gasteiger partial charge in [0.2, 0.25) is 18.6 Å². The second kappa shape index (κ2) is 7.96. The Kier molecular flexibility index (Phi) is 5.01.